The van der Waals surface area contributed by atoms with Gasteiger partial charge in [0.25, 0.3) is 5.91 Å². The Balaban J connectivity index is 1.50. The topological polar surface area (TPSA) is 68.6 Å². The third-order valence-corrected chi connectivity index (χ3v) is 4.71. The third kappa shape index (κ3) is 3.61. The van der Waals surface area contributed by atoms with Crippen molar-refractivity contribution in [2.24, 2.45) is 0 Å². The van der Waals surface area contributed by atoms with Crippen LogP contribution in [0.25, 0.3) is 0 Å². The molecular formula is C20H19ClN4O3. The molecule has 28 heavy (non-hydrogen) atoms. The molecule has 2 heterocycles. The fourth-order valence-corrected chi connectivity index (χ4v) is 3.19. The molecule has 0 atom stereocenters. The number of anilines is 2. The minimum absolute atomic E-state index is 0.0967. The molecule has 8 heteroatoms. The Morgan fingerprint density at radius 3 is 2.75 bits per heavy atom. The summed E-state index contributed by atoms with van der Waals surface area (Å²) in [5.41, 5.74) is 2.59. The molecule has 0 bridgehead atoms. The van der Waals surface area contributed by atoms with Crippen LogP contribution in [0.5, 0.6) is 11.5 Å². The maximum absolute atomic E-state index is 12.7. The van der Waals surface area contributed by atoms with Crippen molar-refractivity contribution in [1.29, 1.82) is 0 Å². The summed E-state index contributed by atoms with van der Waals surface area (Å²) in [4.78, 5) is 14.7. The van der Waals surface area contributed by atoms with Crippen LogP contribution in [0.2, 0.25) is 5.02 Å². The highest BCUT2D eigenvalue weighted by atomic mass is 35.5. The molecule has 1 aliphatic rings. The van der Waals surface area contributed by atoms with Gasteiger partial charge in [0.05, 0.1) is 17.8 Å². The molecule has 4 rings (SSSR count). The Kier molecular flexibility index (Phi) is 4.83. The first kappa shape index (κ1) is 18.2. The van der Waals surface area contributed by atoms with Crippen molar-refractivity contribution in [3.8, 4) is 11.5 Å². The largest absolute Gasteiger partial charge is 0.454 e. The number of fused-ring (bicyclic) bond motifs is 1. The van der Waals surface area contributed by atoms with E-state index in [1.807, 2.05) is 43.3 Å². The van der Waals surface area contributed by atoms with Crippen LogP contribution in [-0.4, -0.2) is 36.6 Å². The molecule has 0 unspecified atom stereocenters. The van der Waals surface area contributed by atoms with Crippen LogP contribution >= 0.6 is 11.6 Å². The number of nitrogens with one attached hydrogen (secondary N) is 1. The van der Waals surface area contributed by atoms with Gasteiger partial charge >= 0.3 is 0 Å². The quantitative estimate of drug-likeness (QED) is 0.710. The smallest absolute Gasteiger partial charge is 0.257 e. The summed E-state index contributed by atoms with van der Waals surface area (Å²) >= 11 is 6.17. The van der Waals surface area contributed by atoms with Gasteiger partial charge in [-0.3, -0.25) is 4.79 Å². The minimum Gasteiger partial charge on any atom is -0.454 e. The van der Waals surface area contributed by atoms with Gasteiger partial charge in [-0.1, -0.05) is 23.7 Å². The second kappa shape index (κ2) is 7.44. The van der Waals surface area contributed by atoms with E-state index in [4.69, 9.17) is 21.1 Å². The van der Waals surface area contributed by atoms with E-state index in [0.717, 1.165) is 11.3 Å². The fraction of sp³-hybridized carbons (Fsp3) is 0.200. The summed E-state index contributed by atoms with van der Waals surface area (Å²) in [7, 11) is 4.00. The molecule has 1 amide bonds. The molecule has 3 aromatic rings. The highest BCUT2D eigenvalue weighted by molar-refractivity contribution is 6.32. The molecule has 1 aliphatic heterocycles. The highest BCUT2D eigenvalue weighted by Crippen LogP contribution is 2.39. The van der Waals surface area contributed by atoms with Crippen molar-refractivity contribution in [2.45, 2.75) is 6.54 Å². The predicted molar refractivity (Wildman–Crippen MR) is 108 cm³/mol. The van der Waals surface area contributed by atoms with Crippen LogP contribution in [-0.2, 0) is 6.54 Å². The minimum atomic E-state index is -0.301. The van der Waals surface area contributed by atoms with Crippen molar-refractivity contribution >= 4 is 29.0 Å². The van der Waals surface area contributed by atoms with Crippen LogP contribution in [0.4, 0.5) is 11.5 Å². The lowest BCUT2D eigenvalue weighted by Crippen LogP contribution is -2.16. The first-order valence-electron chi connectivity index (χ1n) is 8.70. The Bertz CT molecular complexity index is 1010. The molecule has 0 spiro atoms. The van der Waals surface area contributed by atoms with Gasteiger partial charge in [0.2, 0.25) is 6.79 Å². The summed E-state index contributed by atoms with van der Waals surface area (Å²) in [5, 5.41) is 7.53. The van der Waals surface area contributed by atoms with E-state index in [1.165, 1.54) is 0 Å². The SMILES string of the molecule is CN(C)c1ccc(Cn2nccc2NC(=O)c2cc(Cl)c3c(c2)OCO3)cc1. The van der Waals surface area contributed by atoms with Crippen molar-refractivity contribution in [1.82, 2.24) is 9.78 Å². The van der Waals surface area contributed by atoms with Crippen molar-refractivity contribution in [3.63, 3.8) is 0 Å². The lowest BCUT2D eigenvalue weighted by molar-refractivity contribution is 0.102. The Morgan fingerprint density at radius 2 is 2.00 bits per heavy atom. The normalized spacial score (nSPS) is 12.1. The van der Waals surface area contributed by atoms with Gasteiger partial charge in [0.15, 0.2) is 11.5 Å². The van der Waals surface area contributed by atoms with Crippen LogP contribution < -0.4 is 19.7 Å². The summed E-state index contributed by atoms with van der Waals surface area (Å²) in [5.74, 6) is 1.22. The first-order valence-corrected chi connectivity index (χ1v) is 9.07. The molecule has 1 aromatic heterocycles. The summed E-state index contributed by atoms with van der Waals surface area (Å²) in [6, 6.07) is 13.1. The van der Waals surface area contributed by atoms with E-state index < -0.39 is 0 Å². The lowest BCUT2D eigenvalue weighted by atomic mass is 10.2. The maximum Gasteiger partial charge on any atom is 0.257 e. The van der Waals surface area contributed by atoms with Gasteiger partial charge in [-0.05, 0) is 29.8 Å². The molecule has 0 aliphatic carbocycles. The standard InChI is InChI=1S/C20H19ClN4O3/c1-24(2)15-5-3-13(4-6-15)11-25-18(7-8-22-25)23-20(26)14-9-16(21)19-17(10-14)27-12-28-19/h3-10H,11-12H2,1-2H3,(H,23,26). The predicted octanol–water partition coefficient (Wildman–Crippen LogP) is 3.63. The Hall–Kier alpha value is -3.19. The average Bonchev–Trinajstić information content (AvgIpc) is 3.32. The number of amides is 1. The number of hydrogen-bond acceptors (Lipinski definition) is 5. The monoisotopic (exact) mass is 398 g/mol. The van der Waals surface area contributed by atoms with Crippen LogP contribution in [0.1, 0.15) is 15.9 Å². The maximum atomic E-state index is 12.7. The van der Waals surface area contributed by atoms with Gasteiger partial charge < -0.3 is 19.7 Å². The van der Waals surface area contributed by atoms with Gasteiger partial charge in [-0.2, -0.15) is 5.10 Å². The first-order chi connectivity index (χ1) is 13.5. The number of carbonyl (C=O) groups is 1. The second-order valence-corrected chi connectivity index (χ2v) is 6.99. The van der Waals surface area contributed by atoms with Gasteiger partial charge in [0, 0.05) is 31.4 Å². The van der Waals surface area contributed by atoms with Gasteiger partial charge in [0.1, 0.15) is 5.82 Å². The summed E-state index contributed by atoms with van der Waals surface area (Å²) in [6.07, 6.45) is 1.65. The lowest BCUT2D eigenvalue weighted by Gasteiger charge is -2.13. The molecule has 0 fully saturated rings. The number of nitrogens with zero attached hydrogens (tertiary/aromatic N) is 3. The number of halogens is 1. The van der Waals surface area contributed by atoms with E-state index in [0.29, 0.717) is 34.4 Å². The zero-order chi connectivity index (χ0) is 19.7. The van der Waals surface area contributed by atoms with E-state index in [9.17, 15) is 4.79 Å². The molecule has 0 radical (unpaired) electrons. The molecule has 0 saturated carbocycles. The second-order valence-electron chi connectivity index (χ2n) is 6.58. The number of rotatable bonds is 5. The van der Waals surface area contributed by atoms with E-state index in [-0.39, 0.29) is 12.7 Å². The van der Waals surface area contributed by atoms with Crippen LogP contribution in [0, 0.1) is 0 Å². The number of aromatic nitrogens is 2. The van der Waals surface area contributed by atoms with Crippen molar-refractivity contribution in [3.05, 3.63) is 64.8 Å². The van der Waals surface area contributed by atoms with E-state index in [2.05, 4.69) is 10.4 Å². The van der Waals surface area contributed by atoms with E-state index >= 15 is 0 Å². The molecule has 7 nitrogen and oxygen atoms in total. The Labute approximate surface area is 167 Å². The molecule has 0 saturated heterocycles. The molecule has 144 valence electrons. The molecule has 2 aromatic carbocycles. The molecular weight excluding hydrogens is 380 g/mol. The van der Waals surface area contributed by atoms with Crippen LogP contribution in [0.15, 0.2) is 48.7 Å². The average molecular weight is 399 g/mol. The number of carbonyl (C=O) groups excluding carboxylic acids is 1. The zero-order valence-corrected chi connectivity index (χ0v) is 16.2. The highest BCUT2D eigenvalue weighted by Gasteiger charge is 2.21. The number of ether oxygens (including phenoxy) is 2. The van der Waals surface area contributed by atoms with E-state index in [1.54, 1.807) is 29.1 Å². The summed E-state index contributed by atoms with van der Waals surface area (Å²) in [6.45, 7) is 0.637. The number of hydrogen-bond donors (Lipinski definition) is 1. The van der Waals surface area contributed by atoms with Gasteiger partial charge in [-0.15, -0.1) is 0 Å². The zero-order valence-electron chi connectivity index (χ0n) is 15.5. The number of benzene rings is 2. The van der Waals surface area contributed by atoms with Crippen LogP contribution in [0.3, 0.4) is 0 Å². The fourth-order valence-electron chi connectivity index (χ4n) is 2.92. The third-order valence-electron chi connectivity index (χ3n) is 4.43. The van der Waals surface area contributed by atoms with Crippen molar-refractivity contribution < 1.29 is 14.3 Å². The molecule has 1 N–H and O–H groups in total. The van der Waals surface area contributed by atoms with Crippen molar-refractivity contribution in [2.75, 3.05) is 31.1 Å². The Morgan fingerprint density at radius 1 is 1.21 bits per heavy atom. The summed E-state index contributed by atoms with van der Waals surface area (Å²) < 4.78 is 12.3. The van der Waals surface area contributed by atoms with Gasteiger partial charge in [-0.25, -0.2) is 4.68 Å².